The Balaban J connectivity index is 2.37. The Bertz CT molecular complexity index is 620. The number of aliphatic hydroxyl groups excluding tert-OH is 1. The van der Waals surface area contributed by atoms with Crippen molar-refractivity contribution in [2.24, 2.45) is 0 Å². The molecule has 0 bridgehead atoms. The fraction of sp³-hybridized carbons (Fsp3) is 0.263. The quantitative estimate of drug-likeness (QED) is 0.887. The average Bonchev–Trinajstić information content (AvgIpc) is 2.55. The SMILES string of the molecule is COc1cccc(C(O)C(=CCN(C)C)c2ccccc2)c1. The minimum absolute atomic E-state index is 0.683. The molecule has 0 aliphatic carbocycles. The van der Waals surface area contributed by atoms with E-state index in [1.165, 1.54) is 0 Å². The van der Waals surface area contributed by atoms with Crippen molar-refractivity contribution in [1.29, 1.82) is 0 Å². The van der Waals surface area contributed by atoms with Crippen LogP contribution in [0.5, 0.6) is 5.75 Å². The van der Waals surface area contributed by atoms with Gasteiger partial charge in [0.15, 0.2) is 0 Å². The smallest absolute Gasteiger partial charge is 0.119 e. The molecule has 0 spiro atoms. The molecule has 3 heteroatoms. The third-order valence-corrected chi connectivity index (χ3v) is 3.49. The molecule has 2 aromatic carbocycles. The van der Waals surface area contributed by atoms with Gasteiger partial charge in [-0.3, -0.25) is 0 Å². The highest BCUT2D eigenvalue weighted by molar-refractivity contribution is 5.70. The molecule has 0 saturated carbocycles. The van der Waals surface area contributed by atoms with Crippen LogP contribution in [-0.2, 0) is 0 Å². The molecular weight excluding hydrogens is 274 g/mol. The summed E-state index contributed by atoms with van der Waals surface area (Å²) < 4.78 is 5.25. The van der Waals surface area contributed by atoms with E-state index >= 15 is 0 Å². The van der Waals surface area contributed by atoms with Gasteiger partial charge in [0.25, 0.3) is 0 Å². The van der Waals surface area contributed by atoms with Crippen LogP contribution in [0.2, 0.25) is 0 Å². The standard InChI is InChI=1S/C19H23NO2/c1-20(2)13-12-18(15-8-5-4-6-9-15)19(21)16-10-7-11-17(14-16)22-3/h4-12,14,19,21H,13H2,1-3H3. The Kier molecular flexibility index (Phi) is 5.75. The largest absolute Gasteiger partial charge is 0.497 e. The van der Waals surface area contributed by atoms with Gasteiger partial charge < -0.3 is 14.7 Å². The second-order valence-corrected chi connectivity index (χ2v) is 5.47. The van der Waals surface area contributed by atoms with Gasteiger partial charge in [-0.25, -0.2) is 0 Å². The van der Waals surface area contributed by atoms with Gasteiger partial charge in [-0.2, -0.15) is 0 Å². The Morgan fingerprint density at radius 1 is 1.14 bits per heavy atom. The van der Waals surface area contributed by atoms with E-state index in [-0.39, 0.29) is 0 Å². The lowest BCUT2D eigenvalue weighted by Crippen LogP contribution is -2.12. The normalized spacial score (nSPS) is 13.2. The van der Waals surface area contributed by atoms with Crippen LogP contribution in [0.3, 0.4) is 0 Å². The zero-order chi connectivity index (χ0) is 15.9. The van der Waals surface area contributed by atoms with Crippen LogP contribution in [0.15, 0.2) is 60.7 Å². The van der Waals surface area contributed by atoms with Gasteiger partial charge in [-0.15, -0.1) is 0 Å². The van der Waals surface area contributed by atoms with Crippen LogP contribution < -0.4 is 4.74 Å². The molecule has 0 radical (unpaired) electrons. The lowest BCUT2D eigenvalue weighted by molar-refractivity contribution is 0.237. The summed E-state index contributed by atoms with van der Waals surface area (Å²) >= 11 is 0. The van der Waals surface area contributed by atoms with E-state index in [1.54, 1.807) is 7.11 Å². The van der Waals surface area contributed by atoms with Crippen molar-refractivity contribution >= 4 is 5.57 Å². The summed E-state index contributed by atoms with van der Waals surface area (Å²) in [5, 5.41) is 10.8. The van der Waals surface area contributed by atoms with Crippen LogP contribution in [0.4, 0.5) is 0 Å². The summed E-state index contributed by atoms with van der Waals surface area (Å²) in [6, 6.07) is 17.5. The number of ether oxygens (including phenoxy) is 1. The van der Waals surface area contributed by atoms with Crippen molar-refractivity contribution in [1.82, 2.24) is 4.90 Å². The molecule has 0 aliphatic rings. The Hall–Kier alpha value is -2.10. The molecule has 0 saturated heterocycles. The maximum absolute atomic E-state index is 10.8. The van der Waals surface area contributed by atoms with Crippen LogP contribution in [-0.4, -0.2) is 37.8 Å². The second-order valence-electron chi connectivity index (χ2n) is 5.47. The van der Waals surface area contributed by atoms with Crippen LogP contribution >= 0.6 is 0 Å². The monoisotopic (exact) mass is 297 g/mol. The summed E-state index contributed by atoms with van der Waals surface area (Å²) in [6.45, 7) is 0.769. The summed E-state index contributed by atoms with van der Waals surface area (Å²) in [4.78, 5) is 2.07. The zero-order valence-corrected chi connectivity index (χ0v) is 13.4. The molecule has 0 heterocycles. The van der Waals surface area contributed by atoms with Gasteiger partial charge in [0.05, 0.1) is 7.11 Å². The van der Waals surface area contributed by atoms with E-state index in [0.717, 1.165) is 29.0 Å². The molecule has 0 fully saturated rings. The van der Waals surface area contributed by atoms with Crippen LogP contribution in [0.1, 0.15) is 17.2 Å². The molecule has 22 heavy (non-hydrogen) atoms. The van der Waals surface area contributed by atoms with E-state index in [4.69, 9.17) is 4.74 Å². The predicted octanol–water partition coefficient (Wildman–Crippen LogP) is 3.37. The molecule has 116 valence electrons. The van der Waals surface area contributed by atoms with Gasteiger partial charge in [0.1, 0.15) is 11.9 Å². The van der Waals surface area contributed by atoms with E-state index in [1.807, 2.05) is 68.7 Å². The van der Waals surface area contributed by atoms with Crippen molar-refractivity contribution in [3.8, 4) is 5.75 Å². The molecular formula is C19H23NO2. The fourth-order valence-electron chi connectivity index (χ4n) is 2.29. The first-order chi connectivity index (χ1) is 10.6. The topological polar surface area (TPSA) is 32.7 Å². The van der Waals surface area contributed by atoms with Crippen molar-refractivity contribution in [2.75, 3.05) is 27.7 Å². The molecule has 0 aromatic heterocycles. The lowest BCUT2D eigenvalue weighted by atomic mass is 9.94. The summed E-state index contributed by atoms with van der Waals surface area (Å²) in [6.07, 6.45) is 1.39. The van der Waals surface area contributed by atoms with Gasteiger partial charge >= 0.3 is 0 Å². The first-order valence-corrected chi connectivity index (χ1v) is 7.34. The van der Waals surface area contributed by atoms with Crippen LogP contribution in [0, 0.1) is 0 Å². The summed E-state index contributed by atoms with van der Waals surface area (Å²) in [5.74, 6) is 0.747. The minimum Gasteiger partial charge on any atom is -0.497 e. The molecule has 1 N–H and O–H groups in total. The minimum atomic E-state index is -0.683. The van der Waals surface area contributed by atoms with E-state index in [2.05, 4.69) is 11.0 Å². The van der Waals surface area contributed by atoms with Gasteiger partial charge in [-0.05, 0) is 42.9 Å². The van der Waals surface area contributed by atoms with Crippen molar-refractivity contribution < 1.29 is 9.84 Å². The summed E-state index contributed by atoms with van der Waals surface area (Å²) in [5.41, 5.74) is 2.76. The van der Waals surface area contributed by atoms with Gasteiger partial charge in [-0.1, -0.05) is 48.5 Å². The Labute approximate surface area is 132 Å². The predicted molar refractivity (Wildman–Crippen MR) is 90.9 cm³/mol. The number of methoxy groups -OCH3 is 1. The highest BCUT2D eigenvalue weighted by Crippen LogP contribution is 2.31. The first-order valence-electron chi connectivity index (χ1n) is 7.34. The third kappa shape index (κ3) is 4.20. The number of likely N-dealkylation sites (N-methyl/N-ethyl adjacent to an activating group) is 1. The number of benzene rings is 2. The average molecular weight is 297 g/mol. The molecule has 2 rings (SSSR count). The molecule has 1 unspecified atom stereocenters. The zero-order valence-electron chi connectivity index (χ0n) is 13.4. The molecule has 0 amide bonds. The van der Waals surface area contributed by atoms with Gasteiger partial charge in [0.2, 0.25) is 0 Å². The Morgan fingerprint density at radius 3 is 2.50 bits per heavy atom. The number of nitrogens with zero attached hydrogens (tertiary/aromatic N) is 1. The molecule has 0 aliphatic heterocycles. The van der Waals surface area contributed by atoms with Crippen molar-refractivity contribution in [3.63, 3.8) is 0 Å². The van der Waals surface area contributed by atoms with E-state index < -0.39 is 6.10 Å². The number of hydrogen-bond donors (Lipinski definition) is 1. The molecule has 1 atom stereocenters. The number of rotatable bonds is 6. The summed E-state index contributed by atoms with van der Waals surface area (Å²) in [7, 11) is 5.65. The first kappa shape index (κ1) is 16.3. The van der Waals surface area contributed by atoms with Crippen molar-refractivity contribution in [3.05, 3.63) is 71.8 Å². The molecule has 3 nitrogen and oxygen atoms in total. The third-order valence-electron chi connectivity index (χ3n) is 3.49. The highest BCUT2D eigenvalue weighted by atomic mass is 16.5. The Morgan fingerprint density at radius 2 is 1.86 bits per heavy atom. The molecule has 2 aromatic rings. The fourth-order valence-corrected chi connectivity index (χ4v) is 2.29. The maximum atomic E-state index is 10.8. The lowest BCUT2D eigenvalue weighted by Gasteiger charge is -2.18. The maximum Gasteiger partial charge on any atom is 0.119 e. The van der Waals surface area contributed by atoms with Crippen molar-refractivity contribution in [2.45, 2.75) is 6.10 Å². The van der Waals surface area contributed by atoms with E-state index in [9.17, 15) is 5.11 Å². The highest BCUT2D eigenvalue weighted by Gasteiger charge is 2.15. The number of aliphatic hydroxyl groups is 1. The second kappa shape index (κ2) is 7.78. The van der Waals surface area contributed by atoms with Gasteiger partial charge in [0, 0.05) is 6.54 Å². The number of hydrogen-bond acceptors (Lipinski definition) is 3. The van der Waals surface area contributed by atoms with Crippen LogP contribution in [0.25, 0.3) is 5.57 Å². The van der Waals surface area contributed by atoms with E-state index in [0.29, 0.717) is 0 Å².